The van der Waals surface area contributed by atoms with Crippen LogP contribution in [0.25, 0.3) is 10.6 Å². The summed E-state index contributed by atoms with van der Waals surface area (Å²) in [6, 6.07) is 20.5. The Labute approximate surface area is 226 Å². The van der Waals surface area contributed by atoms with E-state index in [9.17, 15) is 14.7 Å². The van der Waals surface area contributed by atoms with Crippen molar-refractivity contribution in [2.45, 2.75) is 45.7 Å². The molecular formula is C31H29N3O3S. The zero-order valence-corrected chi connectivity index (χ0v) is 22.6. The summed E-state index contributed by atoms with van der Waals surface area (Å²) in [6.07, 6.45) is 3.35. The van der Waals surface area contributed by atoms with Gasteiger partial charge in [-0.1, -0.05) is 81.4 Å². The van der Waals surface area contributed by atoms with Gasteiger partial charge in [0.25, 0.3) is 5.91 Å². The van der Waals surface area contributed by atoms with Gasteiger partial charge in [-0.25, -0.2) is 4.98 Å². The number of pyridine rings is 1. The van der Waals surface area contributed by atoms with Gasteiger partial charge >= 0.3 is 0 Å². The fourth-order valence-electron chi connectivity index (χ4n) is 4.68. The van der Waals surface area contributed by atoms with Gasteiger partial charge in [0.1, 0.15) is 5.01 Å². The zero-order chi connectivity index (χ0) is 27.0. The summed E-state index contributed by atoms with van der Waals surface area (Å²) < 4.78 is 0. The normalized spacial score (nSPS) is 15.8. The molecule has 1 aliphatic heterocycles. The van der Waals surface area contributed by atoms with Gasteiger partial charge < -0.3 is 10.0 Å². The molecule has 0 radical (unpaired) electrons. The minimum Gasteiger partial charge on any atom is -0.503 e. The summed E-state index contributed by atoms with van der Waals surface area (Å²) in [5.41, 5.74) is 4.20. The maximum atomic E-state index is 14.0. The minimum atomic E-state index is -0.745. The van der Waals surface area contributed by atoms with Crippen molar-refractivity contribution in [2.75, 3.05) is 0 Å². The molecule has 0 saturated carbocycles. The molecule has 0 fully saturated rings. The third-order valence-electron chi connectivity index (χ3n) is 6.74. The van der Waals surface area contributed by atoms with Crippen LogP contribution in [0.2, 0.25) is 0 Å². The highest BCUT2D eigenvalue weighted by atomic mass is 32.1. The summed E-state index contributed by atoms with van der Waals surface area (Å²) >= 11 is 1.27. The van der Waals surface area contributed by atoms with Crippen LogP contribution in [0.4, 0.5) is 0 Å². The van der Waals surface area contributed by atoms with Crippen LogP contribution in [0.1, 0.15) is 58.9 Å². The fraction of sp³-hybridized carbons (Fsp3) is 0.226. The quantitative estimate of drug-likeness (QED) is 0.288. The van der Waals surface area contributed by atoms with Gasteiger partial charge in [-0.05, 0) is 35.1 Å². The molecule has 2 aromatic heterocycles. The molecule has 0 spiro atoms. The number of nitrogens with zero attached hydrogens (tertiary/aromatic N) is 3. The summed E-state index contributed by atoms with van der Waals surface area (Å²) in [4.78, 5) is 38.2. The smallest absolute Gasteiger partial charge is 0.290 e. The van der Waals surface area contributed by atoms with Crippen molar-refractivity contribution in [2.24, 2.45) is 0 Å². The van der Waals surface area contributed by atoms with E-state index in [1.54, 1.807) is 30.3 Å². The molecular weight excluding hydrogens is 494 g/mol. The number of benzene rings is 2. The summed E-state index contributed by atoms with van der Waals surface area (Å²) in [6.45, 7) is 8.38. The second-order valence-electron chi connectivity index (χ2n) is 10.5. The highest BCUT2D eigenvalue weighted by Gasteiger charge is 2.44. The van der Waals surface area contributed by atoms with E-state index >= 15 is 0 Å². The number of rotatable bonds is 6. The van der Waals surface area contributed by atoms with E-state index in [2.05, 4.69) is 30.7 Å². The van der Waals surface area contributed by atoms with Gasteiger partial charge in [0.2, 0.25) is 5.78 Å². The average Bonchev–Trinajstić information content (AvgIpc) is 3.42. The van der Waals surface area contributed by atoms with Crippen molar-refractivity contribution in [3.63, 3.8) is 0 Å². The first kappa shape index (κ1) is 25.5. The highest BCUT2D eigenvalue weighted by molar-refractivity contribution is 7.17. The molecule has 1 atom stereocenters. The first-order valence-electron chi connectivity index (χ1n) is 12.5. The largest absolute Gasteiger partial charge is 0.503 e. The molecule has 1 aliphatic rings. The van der Waals surface area contributed by atoms with Crippen molar-refractivity contribution in [3.8, 4) is 10.6 Å². The number of aromatic nitrogens is 2. The highest BCUT2D eigenvalue weighted by Crippen LogP contribution is 2.42. The molecule has 6 nitrogen and oxygen atoms in total. The lowest BCUT2D eigenvalue weighted by atomic mass is 9.85. The number of aliphatic hydroxyl groups is 1. The number of aryl methyl sites for hydroxylation is 1. The lowest BCUT2D eigenvalue weighted by Gasteiger charge is -2.27. The second kappa shape index (κ2) is 9.99. The lowest BCUT2D eigenvalue weighted by molar-refractivity contribution is -0.130. The van der Waals surface area contributed by atoms with Crippen LogP contribution in [-0.2, 0) is 16.8 Å². The maximum absolute atomic E-state index is 14.0. The summed E-state index contributed by atoms with van der Waals surface area (Å²) in [5.74, 6) is -1.47. The number of aliphatic hydroxyl groups excluding tert-OH is 1. The van der Waals surface area contributed by atoms with E-state index in [4.69, 9.17) is 0 Å². The van der Waals surface area contributed by atoms with Crippen molar-refractivity contribution < 1.29 is 14.7 Å². The first-order chi connectivity index (χ1) is 18.1. The van der Waals surface area contributed by atoms with Gasteiger partial charge in [-0.3, -0.25) is 14.6 Å². The van der Waals surface area contributed by atoms with Crippen molar-refractivity contribution in [1.29, 1.82) is 0 Å². The predicted molar refractivity (Wildman–Crippen MR) is 149 cm³/mol. The Bertz CT molecular complexity index is 1520. The van der Waals surface area contributed by atoms with E-state index in [-0.39, 0.29) is 23.3 Å². The van der Waals surface area contributed by atoms with Crippen LogP contribution in [0.5, 0.6) is 0 Å². The molecule has 3 heterocycles. The molecule has 1 N–H and O–H groups in total. The van der Waals surface area contributed by atoms with Gasteiger partial charge in [0.05, 0.1) is 22.2 Å². The van der Waals surface area contributed by atoms with Crippen LogP contribution in [0.3, 0.4) is 0 Å². The van der Waals surface area contributed by atoms with Crippen LogP contribution >= 0.6 is 11.3 Å². The third kappa shape index (κ3) is 4.77. The number of carbonyl (C=O) groups excluding carboxylic acids is 2. The Kier molecular flexibility index (Phi) is 6.71. The van der Waals surface area contributed by atoms with E-state index < -0.39 is 17.7 Å². The van der Waals surface area contributed by atoms with E-state index in [0.717, 1.165) is 22.3 Å². The van der Waals surface area contributed by atoms with Crippen molar-refractivity contribution >= 4 is 23.0 Å². The van der Waals surface area contributed by atoms with Crippen molar-refractivity contribution in [1.82, 2.24) is 14.9 Å². The molecule has 5 rings (SSSR count). The molecule has 0 aliphatic carbocycles. The SMILES string of the molecule is Cc1nc(-c2ccccc2)sc1C(=O)C1=C(O)C(=O)N(Cc2cccnc2)C1c1ccc(C(C)(C)C)cc1. The molecule has 38 heavy (non-hydrogen) atoms. The number of carbonyl (C=O) groups is 2. The molecule has 0 saturated heterocycles. The number of hydrogen-bond donors (Lipinski definition) is 1. The van der Waals surface area contributed by atoms with Crippen LogP contribution in [0, 0.1) is 6.92 Å². The number of hydrogen-bond acceptors (Lipinski definition) is 6. The van der Waals surface area contributed by atoms with E-state index in [0.29, 0.717) is 15.6 Å². The molecule has 1 unspecified atom stereocenters. The zero-order valence-electron chi connectivity index (χ0n) is 21.8. The van der Waals surface area contributed by atoms with E-state index in [1.165, 1.54) is 11.3 Å². The topological polar surface area (TPSA) is 83.4 Å². The van der Waals surface area contributed by atoms with Crippen LogP contribution < -0.4 is 0 Å². The van der Waals surface area contributed by atoms with Gasteiger partial charge in [0, 0.05) is 24.5 Å². The van der Waals surface area contributed by atoms with E-state index in [1.807, 2.05) is 60.7 Å². The summed E-state index contributed by atoms with van der Waals surface area (Å²) in [5, 5.41) is 11.8. The number of Topliss-reactive ketones (excluding diaryl/α,β-unsaturated/α-hetero) is 1. The lowest BCUT2D eigenvalue weighted by Crippen LogP contribution is -2.30. The summed E-state index contributed by atoms with van der Waals surface area (Å²) in [7, 11) is 0. The predicted octanol–water partition coefficient (Wildman–Crippen LogP) is 6.59. The minimum absolute atomic E-state index is 0.0519. The monoisotopic (exact) mass is 523 g/mol. The third-order valence-corrected chi connectivity index (χ3v) is 7.95. The average molecular weight is 524 g/mol. The number of ketones is 1. The van der Waals surface area contributed by atoms with Gasteiger partial charge in [0.15, 0.2) is 5.76 Å². The van der Waals surface area contributed by atoms with Crippen LogP contribution in [0.15, 0.2) is 90.5 Å². The molecule has 2 aromatic carbocycles. The molecule has 4 aromatic rings. The Balaban J connectivity index is 1.58. The fourth-order valence-corrected chi connectivity index (χ4v) is 5.71. The Morgan fingerprint density at radius 1 is 1.03 bits per heavy atom. The van der Waals surface area contributed by atoms with Gasteiger partial charge in [-0.2, -0.15) is 0 Å². The maximum Gasteiger partial charge on any atom is 0.290 e. The second-order valence-corrected chi connectivity index (χ2v) is 11.5. The standard InChI is InChI=1S/C31H29N3O3S/c1-19-28(38-29(33-19)22-10-6-5-7-11-22)26(35)24-25(21-12-14-23(15-13-21)31(2,3)4)34(30(37)27(24)36)18-20-9-8-16-32-17-20/h5-17,25,36H,18H2,1-4H3. The number of thiazole rings is 1. The molecule has 0 bridgehead atoms. The molecule has 7 heteroatoms. The van der Waals surface area contributed by atoms with Crippen molar-refractivity contribution in [3.05, 3.63) is 118 Å². The molecule has 192 valence electrons. The first-order valence-corrected chi connectivity index (χ1v) is 13.3. The Morgan fingerprint density at radius 2 is 1.74 bits per heavy atom. The molecule has 1 amide bonds. The van der Waals surface area contributed by atoms with Crippen LogP contribution in [-0.4, -0.2) is 31.7 Å². The van der Waals surface area contributed by atoms with Gasteiger partial charge in [-0.15, -0.1) is 11.3 Å². The Morgan fingerprint density at radius 3 is 2.37 bits per heavy atom. The number of amides is 1. The Hall–Kier alpha value is -4.10.